The Morgan fingerprint density at radius 2 is 2.06 bits per heavy atom. The predicted octanol–water partition coefficient (Wildman–Crippen LogP) is 2.20. The minimum atomic E-state index is -0.0640. The number of nitrogens with zero attached hydrogens (tertiary/aromatic N) is 3. The number of pyridine rings is 1. The summed E-state index contributed by atoms with van der Waals surface area (Å²) in [7, 11) is 1.75. The number of H-pyrrole nitrogens is 1. The number of rotatable bonds is 2. The molecule has 0 spiro atoms. The van der Waals surface area contributed by atoms with Crippen LogP contribution in [0.25, 0.3) is 11.4 Å². The summed E-state index contributed by atoms with van der Waals surface area (Å²) < 4.78 is 3.99. The van der Waals surface area contributed by atoms with Crippen molar-refractivity contribution < 1.29 is 0 Å². The van der Waals surface area contributed by atoms with Crippen LogP contribution in [0.5, 0.6) is 0 Å². The summed E-state index contributed by atoms with van der Waals surface area (Å²) in [5, 5.41) is 6.92. The minimum Gasteiger partial charge on any atom is -0.315 e. The van der Waals surface area contributed by atoms with Crippen molar-refractivity contribution >= 4 is 12.2 Å². The number of aromatic nitrogens is 4. The minimum absolute atomic E-state index is 0.0640. The second-order valence-electron chi connectivity index (χ2n) is 4.57. The van der Waals surface area contributed by atoms with Gasteiger partial charge in [0.25, 0.3) is 5.56 Å². The standard InChI is InChI=1S/C12H16N4OS/c1-7(2)16-10(13-14-12(16)18)9-6-5-8(3)15(4)11(9)17/h5-7H,1-4H3,(H,14,18). The first-order valence-corrected chi connectivity index (χ1v) is 6.18. The van der Waals surface area contributed by atoms with Gasteiger partial charge in [0, 0.05) is 18.8 Å². The van der Waals surface area contributed by atoms with E-state index >= 15 is 0 Å². The average molecular weight is 264 g/mol. The van der Waals surface area contributed by atoms with Gasteiger partial charge in [0.15, 0.2) is 10.6 Å². The van der Waals surface area contributed by atoms with Gasteiger partial charge in [0.2, 0.25) is 0 Å². The lowest BCUT2D eigenvalue weighted by molar-refractivity contribution is 0.596. The van der Waals surface area contributed by atoms with E-state index in [0.29, 0.717) is 16.2 Å². The molecule has 6 heteroatoms. The molecule has 96 valence electrons. The SMILES string of the molecule is Cc1ccc(-c2n[nH]c(=S)n2C(C)C)c(=O)n1C. The molecule has 2 aromatic rings. The van der Waals surface area contributed by atoms with Crippen LogP contribution in [-0.4, -0.2) is 19.3 Å². The molecular weight excluding hydrogens is 248 g/mol. The van der Waals surface area contributed by atoms with Crippen molar-refractivity contribution in [2.45, 2.75) is 26.8 Å². The number of aryl methyl sites for hydroxylation is 1. The van der Waals surface area contributed by atoms with Crippen molar-refractivity contribution in [3.63, 3.8) is 0 Å². The number of hydrogen-bond donors (Lipinski definition) is 1. The Balaban J connectivity index is 2.75. The zero-order valence-electron chi connectivity index (χ0n) is 10.9. The van der Waals surface area contributed by atoms with Crippen LogP contribution in [0.1, 0.15) is 25.6 Å². The molecule has 0 aromatic carbocycles. The smallest absolute Gasteiger partial charge is 0.261 e. The van der Waals surface area contributed by atoms with Gasteiger partial charge in [-0.1, -0.05) is 0 Å². The van der Waals surface area contributed by atoms with Crippen molar-refractivity contribution in [1.29, 1.82) is 0 Å². The summed E-state index contributed by atoms with van der Waals surface area (Å²) in [6.45, 7) is 5.91. The van der Waals surface area contributed by atoms with E-state index in [0.717, 1.165) is 5.69 Å². The second kappa shape index (κ2) is 4.53. The lowest BCUT2D eigenvalue weighted by atomic mass is 10.2. The molecule has 1 N–H and O–H groups in total. The fourth-order valence-electron chi connectivity index (χ4n) is 1.87. The maximum Gasteiger partial charge on any atom is 0.261 e. The molecule has 18 heavy (non-hydrogen) atoms. The molecule has 2 rings (SSSR count). The molecule has 0 atom stereocenters. The first-order valence-electron chi connectivity index (χ1n) is 5.77. The van der Waals surface area contributed by atoms with Gasteiger partial charge < -0.3 is 4.57 Å². The third-order valence-corrected chi connectivity index (χ3v) is 3.31. The Morgan fingerprint density at radius 1 is 1.39 bits per heavy atom. The first-order chi connectivity index (χ1) is 8.43. The van der Waals surface area contributed by atoms with E-state index in [1.165, 1.54) is 0 Å². The highest BCUT2D eigenvalue weighted by Crippen LogP contribution is 2.18. The van der Waals surface area contributed by atoms with Crippen molar-refractivity contribution in [3.05, 3.63) is 33.0 Å². The highest BCUT2D eigenvalue weighted by Gasteiger charge is 2.15. The Kier molecular flexibility index (Phi) is 3.21. The van der Waals surface area contributed by atoms with Gasteiger partial charge in [-0.05, 0) is 45.1 Å². The van der Waals surface area contributed by atoms with Crippen LogP contribution in [0.15, 0.2) is 16.9 Å². The summed E-state index contributed by atoms with van der Waals surface area (Å²) in [5.41, 5.74) is 1.41. The van der Waals surface area contributed by atoms with E-state index in [1.54, 1.807) is 17.7 Å². The second-order valence-corrected chi connectivity index (χ2v) is 4.96. The van der Waals surface area contributed by atoms with Gasteiger partial charge >= 0.3 is 0 Å². The summed E-state index contributed by atoms with van der Waals surface area (Å²) in [6.07, 6.45) is 0. The van der Waals surface area contributed by atoms with Crippen molar-refractivity contribution in [3.8, 4) is 11.4 Å². The van der Waals surface area contributed by atoms with Crippen LogP contribution in [0.4, 0.5) is 0 Å². The van der Waals surface area contributed by atoms with E-state index < -0.39 is 0 Å². The fraction of sp³-hybridized carbons (Fsp3) is 0.417. The number of hydrogen-bond acceptors (Lipinski definition) is 3. The highest BCUT2D eigenvalue weighted by molar-refractivity contribution is 7.71. The number of nitrogens with one attached hydrogen (secondary N) is 1. The van der Waals surface area contributed by atoms with E-state index in [2.05, 4.69) is 10.2 Å². The van der Waals surface area contributed by atoms with E-state index in [9.17, 15) is 4.79 Å². The summed E-state index contributed by atoms with van der Waals surface area (Å²) >= 11 is 5.19. The third-order valence-electron chi connectivity index (χ3n) is 3.02. The van der Waals surface area contributed by atoms with Gasteiger partial charge in [-0.25, -0.2) is 0 Å². The zero-order chi connectivity index (χ0) is 13.4. The molecule has 0 aliphatic rings. The zero-order valence-corrected chi connectivity index (χ0v) is 11.7. The van der Waals surface area contributed by atoms with Crippen LogP contribution in [0.3, 0.4) is 0 Å². The van der Waals surface area contributed by atoms with E-state index in [4.69, 9.17) is 12.2 Å². The maximum atomic E-state index is 12.2. The van der Waals surface area contributed by atoms with Gasteiger partial charge in [-0.3, -0.25) is 14.5 Å². The van der Waals surface area contributed by atoms with Crippen molar-refractivity contribution in [2.24, 2.45) is 7.05 Å². The lowest BCUT2D eigenvalue weighted by Gasteiger charge is -2.11. The normalized spacial score (nSPS) is 11.2. The van der Waals surface area contributed by atoms with E-state index in [-0.39, 0.29) is 11.6 Å². The molecule has 2 heterocycles. The fourth-order valence-corrected chi connectivity index (χ4v) is 2.21. The predicted molar refractivity (Wildman–Crippen MR) is 73.2 cm³/mol. The Morgan fingerprint density at radius 3 is 2.67 bits per heavy atom. The Hall–Kier alpha value is -1.69. The molecule has 0 radical (unpaired) electrons. The van der Waals surface area contributed by atoms with Gasteiger partial charge in [0.1, 0.15) is 0 Å². The van der Waals surface area contributed by atoms with Crippen LogP contribution in [-0.2, 0) is 7.05 Å². The summed E-state index contributed by atoms with van der Waals surface area (Å²) in [6, 6.07) is 3.85. The quantitative estimate of drug-likeness (QED) is 0.846. The van der Waals surface area contributed by atoms with Gasteiger partial charge in [0.05, 0.1) is 5.56 Å². The highest BCUT2D eigenvalue weighted by atomic mass is 32.1. The molecule has 0 saturated carbocycles. The van der Waals surface area contributed by atoms with Crippen LogP contribution in [0.2, 0.25) is 0 Å². The third kappa shape index (κ3) is 1.92. The molecule has 0 unspecified atom stereocenters. The van der Waals surface area contributed by atoms with E-state index in [1.807, 2.05) is 31.4 Å². The molecule has 0 amide bonds. The molecule has 0 aliphatic carbocycles. The maximum absolute atomic E-state index is 12.2. The molecule has 5 nitrogen and oxygen atoms in total. The van der Waals surface area contributed by atoms with Gasteiger partial charge in [-0.2, -0.15) is 5.10 Å². The Labute approximate surface area is 110 Å². The molecule has 0 bridgehead atoms. The van der Waals surface area contributed by atoms with Crippen LogP contribution < -0.4 is 5.56 Å². The topological polar surface area (TPSA) is 55.6 Å². The van der Waals surface area contributed by atoms with Crippen molar-refractivity contribution in [2.75, 3.05) is 0 Å². The Bertz CT molecular complexity index is 693. The molecule has 0 aliphatic heterocycles. The lowest BCUT2D eigenvalue weighted by Crippen LogP contribution is -2.21. The monoisotopic (exact) mass is 264 g/mol. The molecule has 2 aromatic heterocycles. The average Bonchev–Trinajstić information content (AvgIpc) is 2.68. The molecule has 0 fully saturated rings. The van der Waals surface area contributed by atoms with Crippen LogP contribution >= 0.6 is 12.2 Å². The van der Waals surface area contributed by atoms with Crippen LogP contribution in [0, 0.1) is 11.7 Å². The van der Waals surface area contributed by atoms with Gasteiger partial charge in [-0.15, -0.1) is 0 Å². The van der Waals surface area contributed by atoms with Crippen molar-refractivity contribution in [1.82, 2.24) is 19.3 Å². The summed E-state index contributed by atoms with van der Waals surface area (Å²) in [5.74, 6) is 0.593. The molecule has 0 saturated heterocycles. The largest absolute Gasteiger partial charge is 0.315 e. The molecular formula is C12H16N4OS. The number of aromatic amines is 1. The first kappa shape index (κ1) is 12.8. The summed E-state index contributed by atoms with van der Waals surface area (Å²) in [4.78, 5) is 12.2.